The van der Waals surface area contributed by atoms with Crippen molar-refractivity contribution < 1.29 is 14.3 Å². The van der Waals surface area contributed by atoms with Crippen LogP contribution in [0.3, 0.4) is 0 Å². The minimum Gasteiger partial charge on any atom is -0.454 e. The molecule has 0 radical (unpaired) electrons. The van der Waals surface area contributed by atoms with Crippen molar-refractivity contribution in [3.05, 3.63) is 83.0 Å². The summed E-state index contributed by atoms with van der Waals surface area (Å²) in [7, 11) is 0. The van der Waals surface area contributed by atoms with E-state index in [4.69, 9.17) is 4.74 Å². The van der Waals surface area contributed by atoms with E-state index in [0.717, 1.165) is 17.0 Å². The van der Waals surface area contributed by atoms with Gasteiger partial charge in [-0.15, -0.1) is 11.8 Å². The number of ether oxygens (including phenoxy) is 1. The first-order chi connectivity index (χ1) is 16.5. The average molecular weight is 473 g/mol. The summed E-state index contributed by atoms with van der Waals surface area (Å²) in [4.78, 5) is 41.5. The lowest BCUT2D eigenvalue weighted by Crippen LogP contribution is -2.36. The van der Waals surface area contributed by atoms with Gasteiger partial charge in [0.1, 0.15) is 6.54 Å². The lowest BCUT2D eigenvalue weighted by molar-refractivity contribution is -0.148. The number of anilines is 1. The molecule has 1 aromatic heterocycles. The third kappa shape index (κ3) is 4.19. The van der Waals surface area contributed by atoms with Gasteiger partial charge >= 0.3 is 5.97 Å². The highest BCUT2D eigenvalue weighted by atomic mass is 32.2. The molecule has 1 aliphatic heterocycles. The monoisotopic (exact) mass is 472 g/mol. The molecule has 0 aliphatic carbocycles. The molecule has 0 bridgehead atoms. The Morgan fingerprint density at radius 3 is 2.26 bits per heavy atom. The van der Waals surface area contributed by atoms with E-state index < -0.39 is 5.97 Å². The number of amides is 1. The van der Waals surface area contributed by atoms with Crippen molar-refractivity contribution >= 4 is 51.1 Å². The van der Waals surface area contributed by atoms with Crippen LogP contribution in [0.5, 0.6) is 0 Å². The molecular formula is C27H24N2O4S. The van der Waals surface area contributed by atoms with Gasteiger partial charge in [0.25, 0.3) is 5.91 Å². The van der Waals surface area contributed by atoms with Crippen LogP contribution in [-0.4, -0.2) is 34.8 Å². The second-order valence-electron chi connectivity index (χ2n) is 8.34. The molecule has 7 heteroatoms. The van der Waals surface area contributed by atoms with Crippen molar-refractivity contribution in [1.82, 2.24) is 4.57 Å². The zero-order chi connectivity index (χ0) is 23.7. The number of para-hydroxylation sites is 3. The molecule has 6 nitrogen and oxygen atoms in total. The zero-order valence-corrected chi connectivity index (χ0v) is 19.6. The normalized spacial score (nSPS) is 15.7. The molecule has 0 spiro atoms. The van der Waals surface area contributed by atoms with Crippen LogP contribution in [-0.2, 0) is 20.9 Å². The van der Waals surface area contributed by atoms with Crippen LogP contribution in [0.2, 0.25) is 0 Å². The second-order valence-corrected chi connectivity index (χ2v) is 9.82. The van der Waals surface area contributed by atoms with Crippen molar-refractivity contribution in [1.29, 1.82) is 0 Å². The third-order valence-electron chi connectivity index (χ3n) is 6.07. The fourth-order valence-corrected chi connectivity index (χ4v) is 5.50. The Kier molecular flexibility index (Phi) is 6.11. The lowest BCUT2D eigenvalue weighted by Gasteiger charge is -2.22. The number of carbonyl (C=O) groups is 2. The Hall–Kier alpha value is -3.58. The minimum absolute atomic E-state index is 0.0714. The summed E-state index contributed by atoms with van der Waals surface area (Å²) in [6.45, 7) is 2.30. The molecule has 0 fully saturated rings. The Bertz CT molecular complexity index is 1400. The molecule has 4 aromatic rings. The van der Waals surface area contributed by atoms with E-state index in [1.165, 1.54) is 0 Å². The van der Waals surface area contributed by atoms with E-state index in [9.17, 15) is 14.4 Å². The summed E-state index contributed by atoms with van der Waals surface area (Å²) in [5.41, 5.74) is 2.09. The van der Waals surface area contributed by atoms with Crippen molar-refractivity contribution in [3.8, 4) is 0 Å². The van der Waals surface area contributed by atoms with Crippen molar-refractivity contribution in [2.45, 2.75) is 30.0 Å². The van der Waals surface area contributed by atoms with E-state index >= 15 is 0 Å². The predicted molar refractivity (Wildman–Crippen MR) is 135 cm³/mol. The van der Waals surface area contributed by atoms with Gasteiger partial charge in [-0.05, 0) is 42.8 Å². The molecule has 172 valence electrons. The smallest absolute Gasteiger partial charge is 0.326 e. The van der Waals surface area contributed by atoms with E-state index in [0.29, 0.717) is 33.6 Å². The maximum atomic E-state index is 13.0. The van der Waals surface area contributed by atoms with Gasteiger partial charge < -0.3 is 14.2 Å². The van der Waals surface area contributed by atoms with E-state index in [-0.39, 0.29) is 24.5 Å². The molecule has 1 unspecified atom stereocenters. The Labute approximate surface area is 201 Å². The van der Waals surface area contributed by atoms with Gasteiger partial charge in [-0.2, -0.15) is 0 Å². The van der Waals surface area contributed by atoms with Crippen LogP contribution in [0.15, 0.2) is 82.5 Å². The first kappa shape index (κ1) is 22.2. The van der Waals surface area contributed by atoms with Gasteiger partial charge in [0.15, 0.2) is 12.0 Å². The molecule has 1 aliphatic rings. The maximum absolute atomic E-state index is 13.0. The number of esters is 1. The molecule has 0 N–H and O–H groups in total. The molecule has 0 saturated heterocycles. The third-order valence-corrected chi connectivity index (χ3v) is 7.30. The standard InChI is InChI=1S/C27H24N2O4S/c1-18-14-15-28(23-12-6-7-13-24(23)34-18)25(30)17-33-26(31)16-29-21-10-4-2-8-19(21)27(32)20-9-3-5-11-22(20)29/h2-13,18H,14-17H2,1H3. The number of carbonyl (C=O) groups excluding carboxylic acids is 2. The highest BCUT2D eigenvalue weighted by Gasteiger charge is 2.25. The van der Waals surface area contributed by atoms with E-state index in [2.05, 4.69) is 6.92 Å². The van der Waals surface area contributed by atoms with Crippen molar-refractivity contribution in [2.75, 3.05) is 18.1 Å². The molecule has 5 rings (SSSR count). The van der Waals surface area contributed by atoms with Crippen molar-refractivity contribution in [2.24, 2.45) is 0 Å². The van der Waals surface area contributed by atoms with Gasteiger partial charge in [0.05, 0.1) is 16.7 Å². The van der Waals surface area contributed by atoms with Gasteiger partial charge in [0.2, 0.25) is 0 Å². The number of hydrogen-bond acceptors (Lipinski definition) is 5. The Balaban J connectivity index is 1.37. The highest BCUT2D eigenvalue weighted by molar-refractivity contribution is 8.00. The summed E-state index contributed by atoms with van der Waals surface area (Å²) in [6, 6.07) is 22.2. The molecule has 1 atom stereocenters. The summed E-state index contributed by atoms with van der Waals surface area (Å²) < 4.78 is 7.21. The number of thioether (sulfide) groups is 1. The fourth-order valence-electron chi connectivity index (χ4n) is 4.39. The van der Waals surface area contributed by atoms with Gasteiger partial charge in [-0.1, -0.05) is 43.3 Å². The average Bonchev–Trinajstić information content (AvgIpc) is 3.03. The first-order valence-electron chi connectivity index (χ1n) is 11.2. The van der Waals surface area contributed by atoms with Crippen LogP contribution >= 0.6 is 11.8 Å². The van der Waals surface area contributed by atoms with Gasteiger partial charge in [-0.3, -0.25) is 14.4 Å². The largest absolute Gasteiger partial charge is 0.454 e. The highest BCUT2D eigenvalue weighted by Crippen LogP contribution is 2.37. The molecular weight excluding hydrogens is 448 g/mol. The number of pyridine rings is 1. The molecule has 3 aromatic carbocycles. The van der Waals surface area contributed by atoms with Crippen molar-refractivity contribution in [3.63, 3.8) is 0 Å². The topological polar surface area (TPSA) is 68.6 Å². The van der Waals surface area contributed by atoms with Crippen LogP contribution in [0.25, 0.3) is 21.8 Å². The molecule has 34 heavy (non-hydrogen) atoms. The number of benzene rings is 3. The Morgan fingerprint density at radius 1 is 0.941 bits per heavy atom. The van der Waals surface area contributed by atoms with E-state index in [1.807, 2.05) is 48.5 Å². The zero-order valence-electron chi connectivity index (χ0n) is 18.8. The molecule has 2 heterocycles. The van der Waals surface area contributed by atoms with Gasteiger partial charge in [-0.25, -0.2) is 0 Å². The maximum Gasteiger partial charge on any atom is 0.326 e. The summed E-state index contributed by atoms with van der Waals surface area (Å²) >= 11 is 1.75. The van der Waals surface area contributed by atoms with Crippen LogP contribution in [0, 0.1) is 0 Å². The summed E-state index contributed by atoms with van der Waals surface area (Å²) in [5, 5.41) is 1.47. The quantitative estimate of drug-likeness (QED) is 0.320. The second kappa shape index (κ2) is 9.35. The number of nitrogens with zero attached hydrogens (tertiary/aromatic N) is 2. The van der Waals surface area contributed by atoms with Crippen LogP contribution < -0.4 is 10.3 Å². The number of aromatic nitrogens is 1. The predicted octanol–water partition coefficient (Wildman–Crippen LogP) is 4.62. The summed E-state index contributed by atoms with van der Waals surface area (Å²) in [6.07, 6.45) is 0.856. The minimum atomic E-state index is -0.529. The summed E-state index contributed by atoms with van der Waals surface area (Å²) in [5.74, 6) is -0.775. The molecule has 1 amide bonds. The number of rotatable bonds is 4. The van der Waals surface area contributed by atoms with E-state index in [1.54, 1.807) is 45.5 Å². The van der Waals surface area contributed by atoms with Crippen LogP contribution in [0.1, 0.15) is 13.3 Å². The first-order valence-corrected chi connectivity index (χ1v) is 12.1. The Morgan fingerprint density at radius 2 is 1.56 bits per heavy atom. The molecule has 0 saturated carbocycles. The number of fused-ring (bicyclic) bond motifs is 3. The van der Waals surface area contributed by atoms with Crippen LogP contribution in [0.4, 0.5) is 5.69 Å². The van der Waals surface area contributed by atoms with Gasteiger partial charge in [0, 0.05) is 27.5 Å². The fraction of sp³-hybridized carbons (Fsp3) is 0.222. The number of hydrogen-bond donors (Lipinski definition) is 0. The SMILES string of the molecule is CC1CCN(C(=O)COC(=O)Cn2c3ccccc3c(=O)c3ccccc32)c2ccccc2S1. The lowest BCUT2D eigenvalue weighted by atomic mass is 10.1.